The molecule has 0 unspecified atom stereocenters. The van der Waals surface area contributed by atoms with E-state index in [1.54, 1.807) is 6.26 Å². The van der Waals surface area contributed by atoms with Crippen molar-refractivity contribution in [2.24, 2.45) is 0 Å². The van der Waals surface area contributed by atoms with E-state index in [1.165, 1.54) is 0 Å². The summed E-state index contributed by atoms with van der Waals surface area (Å²) in [5, 5.41) is 3.24. The van der Waals surface area contributed by atoms with Crippen LogP contribution in [0.15, 0.2) is 10.7 Å². The summed E-state index contributed by atoms with van der Waals surface area (Å²) in [7, 11) is 0. The summed E-state index contributed by atoms with van der Waals surface area (Å²) < 4.78 is 5.51. The predicted molar refractivity (Wildman–Crippen MR) is 66.7 cm³/mol. The lowest BCUT2D eigenvalue weighted by Crippen LogP contribution is -2.31. The van der Waals surface area contributed by atoms with Crippen molar-refractivity contribution in [1.29, 1.82) is 0 Å². The molecule has 0 amide bonds. The van der Waals surface area contributed by atoms with E-state index in [0.29, 0.717) is 6.04 Å². The third-order valence-corrected chi connectivity index (χ3v) is 2.43. The molecular weight excluding hydrogens is 202 g/mol. The standard InChI is InChI=1S/C12H23N3O/c1-5-7-15(10(3)4)12-14-11(9-16-12)8-13-6-2/h9-10,13H,5-8H2,1-4H3. The fourth-order valence-corrected chi connectivity index (χ4v) is 1.58. The summed E-state index contributed by atoms with van der Waals surface area (Å²) in [4.78, 5) is 6.67. The zero-order valence-corrected chi connectivity index (χ0v) is 10.8. The second-order valence-electron chi connectivity index (χ2n) is 4.19. The first-order valence-electron chi connectivity index (χ1n) is 6.10. The molecule has 4 heteroatoms. The number of hydrogen-bond acceptors (Lipinski definition) is 4. The molecule has 0 saturated carbocycles. The fourth-order valence-electron chi connectivity index (χ4n) is 1.58. The van der Waals surface area contributed by atoms with E-state index < -0.39 is 0 Å². The highest BCUT2D eigenvalue weighted by atomic mass is 16.4. The highest BCUT2D eigenvalue weighted by molar-refractivity contribution is 5.28. The molecule has 0 radical (unpaired) electrons. The van der Waals surface area contributed by atoms with Gasteiger partial charge in [-0.05, 0) is 26.8 Å². The van der Waals surface area contributed by atoms with Gasteiger partial charge in [-0.15, -0.1) is 0 Å². The molecule has 0 fully saturated rings. The SMILES string of the molecule is CCCN(c1nc(CNCC)co1)C(C)C. The second kappa shape index (κ2) is 6.53. The van der Waals surface area contributed by atoms with Crippen LogP contribution in [0.3, 0.4) is 0 Å². The van der Waals surface area contributed by atoms with Gasteiger partial charge in [0.2, 0.25) is 0 Å². The zero-order valence-electron chi connectivity index (χ0n) is 10.8. The molecule has 1 aromatic rings. The van der Waals surface area contributed by atoms with E-state index in [0.717, 1.165) is 37.8 Å². The van der Waals surface area contributed by atoms with Crippen molar-refractivity contribution in [3.8, 4) is 0 Å². The normalized spacial score (nSPS) is 11.1. The molecule has 0 atom stereocenters. The van der Waals surface area contributed by atoms with Crippen molar-refractivity contribution in [2.45, 2.75) is 46.7 Å². The van der Waals surface area contributed by atoms with E-state index >= 15 is 0 Å². The molecule has 1 heterocycles. The Kier molecular flexibility index (Phi) is 5.32. The highest BCUT2D eigenvalue weighted by Crippen LogP contribution is 2.16. The van der Waals surface area contributed by atoms with Crippen LogP contribution in [0.5, 0.6) is 0 Å². The Morgan fingerprint density at radius 2 is 2.19 bits per heavy atom. The number of nitrogens with zero attached hydrogens (tertiary/aromatic N) is 2. The lowest BCUT2D eigenvalue weighted by molar-refractivity contribution is 0.509. The molecular formula is C12H23N3O. The van der Waals surface area contributed by atoms with Gasteiger partial charge in [-0.25, -0.2) is 0 Å². The van der Waals surface area contributed by atoms with Gasteiger partial charge < -0.3 is 14.6 Å². The fraction of sp³-hybridized carbons (Fsp3) is 0.750. The molecule has 1 N–H and O–H groups in total. The van der Waals surface area contributed by atoms with Crippen molar-refractivity contribution >= 4 is 6.01 Å². The van der Waals surface area contributed by atoms with Crippen LogP contribution in [0.4, 0.5) is 6.01 Å². The molecule has 0 aromatic carbocycles. The molecule has 1 aromatic heterocycles. The third-order valence-electron chi connectivity index (χ3n) is 2.43. The first-order valence-corrected chi connectivity index (χ1v) is 6.10. The van der Waals surface area contributed by atoms with Crippen LogP contribution in [-0.2, 0) is 6.54 Å². The Hall–Kier alpha value is -1.03. The first-order chi connectivity index (χ1) is 7.69. The van der Waals surface area contributed by atoms with Gasteiger partial charge in [0.1, 0.15) is 6.26 Å². The van der Waals surface area contributed by atoms with Crippen LogP contribution < -0.4 is 10.2 Å². The average molecular weight is 225 g/mol. The number of oxazole rings is 1. The van der Waals surface area contributed by atoms with Gasteiger partial charge in [0.05, 0.1) is 5.69 Å². The minimum Gasteiger partial charge on any atom is -0.432 e. The van der Waals surface area contributed by atoms with Crippen molar-refractivity contribution in [3.63, 3.8) is 0 Å². The van der Waals surface area contributed by atoms with Gasteiger partial charge in [-0.3, -0.25) is 0 Å². The van der Waals surface area contributed by atoms with E-state index in [1.807, 2.05) is 0 Å². The van der Waals surface area contributed by atoms with E-state index in [2.05, 4.69) is 42.9 Å². The van der Waals surface area contributed by atoms with E-state index in [9.17, 15) is 0 Å². The van der Waals surface area contributed by atoms with Crippen molar-refractivity contribution in [1.82, 2.24) is 10.3 Å². The lowest BCUT2D eigenvalue weighted by atomic mass is 10.3. The number of hydrogen-bond donors (Lipinski definition) is 1. The molecule has 0 aliphatic carbocycles. The maximum atomic E-state index is 5.51. The number of aromatic nitrogens is 1. The molecule has 0 aliphatic heterocycles. The van der Waals surface area contributed by atoms with Crippen LogP contribution >= 0.6 is 0 Å². The van der Waals surface area contributed by atoms with Crippen molar-refractivity contribution < 1.29 is 4.42 Å². The molecule has 1 rings (SSSR count). The van der Waals surface area contributed by atoms with Crippen LogP contribution in [0, 0.1) is 0 Å². The van der Waals surface area contributed by atoms with Gasteiger partial charge in [0.15, 0.2) is 0 Å². The van der Waals surface area contributed by atoms with Gasteiger partial charge in [0, 0.05) is 19.1 Å². The van der Waals surface area contributed by atoms with Gasteiger partial charge in [-0.2, -0.15) is 4.98 Å². The van der Waals surface area contributed by atoms with Gasteiger partial charge in [-0.1, -0.05) is 13.8 Å². The third kappa shape index (κ3) is 3.52. The summed E-state index contributed by atoms with van der Waals surface area (Å²) >= 11 is 0. The summed E-state index contributed by atoms with van der Waals surface area (Å²) in [6.07, 6.45) is 2.84. The molecule has 16 heavy (non-hydrogen) atoms. The van der Waals surface area contributed by atoms with E-state index in [4.69, 9.17) is 4.42 Å². The Bertz CT molecular complexity index is 296. The number of nitrogens with one attached hydrogen (secondary N) is 1. The van der Waals surface area contributed by atoms with Crippen molar-refractivity contribution in [2.75, 3.05) is 18.0 Å². The largest absolute Gasteiger partial charge is 0.432 e. The summed E-state index contributed by atoms with van der Waals surface area (Å²) in [6.45, 7) is 11.3. The summed E-state index contributed by atoms with van der Waals surface area (Å²) in [5.41, 5.74) is 0.971. The summed E-state index contributed by atoms with van der Waals surface area (Å²) in [5.74, 6) is 0. The maximum absolute atomic E-state index is 5.51. The second-order valence-corrected chi connectivity index (χ2v) is 4.19. The topological polar surface area (TPSA) is 41.3 Å². The molecule has 4 nitrogen and oxygen atoms in total. The Morgan fingerprint density at radius 1 is 1.44 bits per heavy atom. The molecule has 0 aliphatic rings. The smallest absolute Gasteiger partial charge is 0.297 e. The van der Waals surface area contributed by atoms with Crippen LogP contribution in [0.1, 0.15) is 39.8 Å². The van der Waals surface area contributed by atoms with Gasteiger partial charge in [0.25, 0.3) is 6.01 Å². The predicted octanol–water partition coefficient (Wildman–Crippen LogP) is 2.41. The maximum Gasteiger partial charge on any atom is 0.297 e. The molecule has 0 bridgehead atoms. The first kappa shape index (κ1) is 13.0. The highest BCUT2D eigenvalue weighted by Gasteiger charge is 2.15. The Morgan fingerprint density at radius 3 is 2.75 bits per heavy atom. The van der Waals surface area contributed by atoms with Crippen LogP contribution in [-0.4, -0.2) is 24.1 Å². The van der Waals surface area contributed by atoms with E-state index in [-0.39, 0.29) is 0 Å². The Labute approximate surface area is 98.0 Å². The lowest BCUT2D eigenvalue weighted by Gasteiger charge is -2.23. The van der Waals surface area contributed by atoms with Crippen LogP contribution in [0.2, 0.25) is 0 Å². The quantitative estimate of drug-likeness (QED) is 0.773. The summed E-state index contributed by atoms with van der Waals surface area (Å²) in [6, 6.07) is 1.16. The van der Waals surface area contributed by atoms with Crippen molar-refractivity contribution in [3.05, 3.63) is 12.0 Å². The molecule has 0 spiro atoms. The minimum atomic E-state index is 0.422. The zero-order chi connectivity index (χ0) is 12.0. The van der Waals surface area contributed by atoms with Crippen LogP contribution in [0.25, 0.3) is 0 Å². The molecule has 0 saturated heterocycles. The number of anilines is 1. The number of rotatable bonds is 7. The monoisotopic (exact) mass is 225 g/mol. The minimum absolute atomic E-state index is 0.422. The average Bonchev–Trinajstić information content (AvgIpc) is 2.70. The Balaban J connectivity index is 2.65. The molecule has 92 valence electrons. The van der Waals surface area contributed by atoms with Gasteiger partial charge >= 0.3 is 0 Å².